The van der Waals surface area contributed by atoms with Gasteiger partial charge >= 0.3 is 0 Å². The Kier molecular flexibility index (Phi) is 6.35. The molecule has 0 N–H and O–H groups in total. The Morgan fingerprint density at radius 2 is 1.70 bits per heavy atom. The van der Waals surface area contributed by atoms with Crippen LogP contribution in [0.1, 0.15) is 0 Å². The molecule has 0 spiro atoms. The molecule has 1 fully saturated rings. The molecule has 156 valence electrons. The third-order valence-electron chi connectivity index (χ3n) is 5.18. The van der Waals surface area contributed by atoms with E-state index in [-0.39, 0.29) is 5.91 Å². The monoisotopic (exact) mass is 423 g/mol. The van der Waals surface area contributed by atoms with Crippen LogP contribution in [-0.2, 0) is 4.79 Å². The molecule has 2 heterocycles. The van der Waals surface area contributed by atoms with Crippen LogP contribution in [0.3, 0.4) is 0 Å². The summed E-state index contributed by atoms with van der Waals surface area (Å²) in [7, 11) is 3.73. The number of amides is 1. The molecule has 4 rings (SSSR count). The maximum absolute atomic E-state index is 12.7. The lowest BCUT2D eigenvalue weighted by molar-refractivity contribution is -0.129. The molecule has 0 aliphatic carbocycles. The molecule has 1 aliphatic rings. The molecule has 0 radical (unpaired) electrons. The number of hydrogen-bond donors (Lipinski definition) is 0. The Labute approximate surface area is 180 Å². The van der Waals surface area contributed by atoms with Crippen LogP contribution in [0, 0.1) is 0 Å². The van der Waals surface area contributed by atoms with E-state index in [9.17, 15) is 4.79 Å². The number of carbonyl (C=O) groups is 1. The van der Waals surface area contributed by atoms with Gasteiger partial charge in [0.25, 0.3) is 0 Å². The second kappa shape index (κ2) is 9.32. The van der Waals surface area contributed by atoms with Crippen LogP contribution in [0.15, 0.2) is 59.8 Å². The van der Waals surface area contributed by atoms with Gasteiger partial charge < -0.3 is 14.5 Å². The standard InChI is InChI=1S/C22H25N5O2S/c1-25-12-14-26(15-13-25)20(28)16-30-22-24-23-21(17-6-4-3-5-7-17)27(22)18-8-10-19(29-2)11-9-18/h3-11H,12-16H2,1-2H3. The number of methoxy groups -OCH3 is 1. The molecule has 3 aromatic rings. The lowest BCUT2D eigenvalue weighted by Gasteiger charge is -2.32. The smallest absolute Gasteiger partial charge is 0.233 e. The highest BCUT2D eigenvalue weighted by molar-refractivity contribution is 7.99. The van der Waals surface area contributed by atoms with E-state index >= 15 is 0 Å². The van der Waals surface area contributed by atoms with Crippen molar-refractivity contribution in [2.75, 3.05) is 46.1 Å². The highest BCUT2D eigenvalue weighted by Crippen LogP contribution is 2.29. The van der Waals surface area contributed by atoms with Crippen molar-refractivity contribution >= 4 is 17.7 Å². The van der Waals surface area contributed by atoms with E-state index in [4.69, 9.17) is 4.74 Å². The minimum atomic E-state index is 0.138. The summed E-state index contributed by atoms with van der Waals surface area (Å²) in [4.78, 5) is 16.9. The summed E-state index contributed by atoms with van der Waals surface area (Å²) in [6, 6.07) is 17.7. The van der Waals surface area contributed by atoms with Gasteiger partial charge in [0.05, 0.1) is 12.9 Å². The first-order valence-corrected chi connectivity index (χ1v) is 10.9. The third kappa shape index (κ3) is 4.49. The summed E-state index contributed by atoms with van der Waals surface area (Å²) in [5.41, 5.74) is 1.90. The number of thioether (sulfide) groups is 1. The van der Waals surface area contributed by atoms with Gasteiger partial charge in [-0.25, -0.2) is 0 Å². The molecule has 1 aromatic heterocycles. The van der Waals surface area contributed by atoms with E-state index in [1.165, 1.54) is 11.8 Å². The maximum atomic E-state index is 12.7. The second-order valence-electron chi connectivity index (χ2n) is 7.18. The van der Waals surface area contributed by atoms with Gasteiger partial charge in [-0.05, 0) is 31.3 Å². The lowest BCUT2D eigenvalue weighted by Crippen LogP contribution is -2.47. The summed E-state index contributed by atoms with van der Waals surface area (Å²) in [5, 5.41) is 9.54. The van der Waals surface area contributed by atoms with Gasteiger partial charge in [-0.1, -0.05) is 42.1 Å². The van der Waals surface area contributed by atoms with Gasteiger partial charge in [0, 0.05) is 37.4 Å². The minimum absolute atomic E-state index is 0.138. The first kappa shape index (κ1) is 20.4. The Bertz CT molecular complexity index is 983. The maximum Gasteiger partial charge on any atom is 0.233 e. The second-order valence-corrected chi connectivity index (χ2v) is 8.12. The fourth-order valence-electron chi connectivity index (χ4n) is 3.38. The van der Waals surface area contributed by atoms with Gasteiger partial charge in [-0.3, -0.25) is 9.36 Å². The average Bonchev–Trinajstić information content (AvgIpc) is 3.22. The van der Waals surface area contributed by atoms with Crippen molar-refractivity contribution < 1.29 is 9.53 Å². The number of rotatable bonds is 6. The normalized spacial score (nSPS) is 14.7. The molecule has 0 unspecified atom stereocenters. The third-order valence-corrected chi connectivity index (χ3v) is 6.09. The Morgan fingerprint density at radius 3 is 2.37 bits per heavy atom. The van der Waals surface area contributed by atoms with E-state index in [1.54, 1.807) is 7.11 Å². The molecule has 1 aliphatic heterocycles. The van der Waals surface area contributed by atoms with Gasteiger partial charge in [0.2, 0.25) is 5.91 Å². The fourth-order valence-corrected chi connectivity index (χ4v) is 4.23. The quantitative estimate of drug-likeness (QED) is 0.568. The van der Waals surface area contributed by atoms with Crippen molar-refractivity contribution in [3.05, 3.63) is 54.6 Å². The van der Waals surface area contributed by atoms with Crippen LogP contribution in [0.25, 0.3) is 17.1 Å². The van der Waals surface area contributed by atoms with Crippen molar-refractivity contribution in [2.45, 2.75) is 5.16 Å². The Hall–Kier alpha value is -2.84. The number of nitrogens with zero attached hydrogens (tertiary/aromatic N) is 5. The zero-order valence-corrected chi connectivity index (χ0v) is 18.0. The highest BCUT2D eigenvalue weighted by Gasteiger charge is 2.21. The fraction of sp³-hybridized carbons (Fsp3) is 0.318. The molecule has 1 amide bonds. The first-order valence-electron chi connectivity index (χ1n) is 9.90. The number of aromatic nitrogens is 3. The largest absolute Gasteiger partial charge is 0.497 e. The SMILES string of the molecule is COc1ccc(-n2c(SCC(=O)N3CCN(C)CC3)nnc2-c2ccccc2)cc1. The van der Waals surface area contributed by atoms with Crippen LogP contribution < -0.4 is 4.74 Å². The zero-order chi connectivity index (χ0) is 20.9. The number of likely N-dealkylation sites (N-methyl/N-ethyl adjacent to an activating group) is 1. The zero-order valence-electron chi connectivity index (χ0n) is 17.2. The van der Waals surface area contributed by atoms with Crippen molar-refractivity contribution in [3.8, 4) is 22.8 Å². The van der Waals surface area contributed by atoms with Crippen LogP contribution in [0.4, 0.5) is 0 Å². The van der Waals surface area contributed by atoms with Crippen LogP contribution in [0.2, 0.25) is 0 Å². The summed E-state index contributed by atoms with van der Waals surface area (Å²) in [6.07, 6.45) is 0. The summed E-state index contributed by atoms with van der Waals surface area (Å²) in [6.45, 7) is 3.37. The van der Waals surface area contributed by atoms with Gasteiger partial charge in [0.1, 0.15) is 5.75 Å². The van der Waals surface area contributed by atoms with Crippen molar-refractivity contribution in [1.82, 2.24) is 24.6 Å². The lowest BCUT2D eigenvalue weighted by atomic mass is 10.2. The molecule has 0 saturated carbocycles. The molecular formula is C22H25N5O2S. The Morgan fingerprint density at radius 1 is 1.00 bits per heavy atom. The average molecular weight is 424 g/mol. The molecular weight excluding hydrogens is 398 g/mol. The van der Waals surface area contributed by atoms with Gasteiger partial charge in [-0.15, -0.1) is 10.2 Å². The van der Waals surface area contributed by atoms with E-state index in [0.29, 0.717) is 10.9 Å². The number of ether oxygens (including phenoxy) is 1. The minimum Gasteiger partial charge on any atom is -0.497 e. The number of benzene rings is 2. The summed E-state index contributed by atoms with van der Waals surface area (Å²) < 4.78 is 7.28. The topological polar surface area (TPSA) is 63.5 Å². The van der Waals surface area contributed by atoms with Crippen LogP contribution >= 0.6 is 11.8 Å². The molecule has 1 saturated heterocycles. The van der Waals surface area contributed by atoms with E-state index < -0.39 is 0 Å². The predicted octanol–water partition coefficient (Wildman–Crippen LogP) is 2.81. The van der Waals surface area contributed by atoms with Gasteiger partial charge in [-0.2, -0.15) is 0 Å². The molecule has 8 heteroatoms. The Balaban J connectivity index is 1.59. The summed E-state index contributed by atoms with van der Waals surface area (Å²) >= 11 is 1.42. The highest BCUT2D eigenvalue weighted by atomic mass is 32.2. The molecule has 2 aromatic carbocycles. The van der Waals surface area contributed by atoms with Crippen molar-refractivity contribution in [1.29, 1.82) is 0 Å². The predicted molar refractivity (Wildman–Crippen MR) is 118 cm³/mol. The van der Waals surface area contributed by atoms with Gasteiger partial charge in [0.15, 0.2) is 11.0 Å². The van der Waals surface area contributed by atoms with Crippen LogP contribution in [0.5, 0.6) is 5.75 Å². The van der Waals surface area contributed by atoms with Crippen molar-refractivity contribution in [2.24, 2.45) is 0 Å². The number of hydrogen-bond acceptors (Lipinski definition) is 6. The molecule has 7 nitrogen and oxygen atoms in total. The molecule has 30 heavy (non-hydrogen) atoms. The first-order chi connectivity index (χ1) is 14.7. The summed E-state index contributed by atoms with van der Waals surface area (Å²) in [5.74, 6) is 2.01. The van der Waals surface area contributed by atoms with Crippen LogP contribution in [-0.4, -0.2) is 76.6 Å². The van der Waals surface area contributed by atoms with E-state index in [2.05, 4.69) is 22.1 Å². The van der Waals surface area contributed by atoms with E-state index in [0.717, 1.165) is 49.0 Å². The van der Waals surface area contributed by atoms with E-state index in [1.807, 2.05) is 64.1 Å². The van der Waals surface area contributed by atoms with Crippen molar-refractivity contribution in [3.63, 3.8) is 0 Å². The molecule has 0 atom stereocenters. The number of piperazine rings is 1. The number of carbonyl (C=O) groups excluding carboxylic acids is 1. The molecule has 0 bridgehead atoms.